The van der Waals surface area contributed by atoms with Gasteiger partial charge in [0.2, 0.25) is 0 Å². The van der Waals surface area contributed by atoms with Gasteiger partial charge in [-0.1, -0.05) is 18.9 Å². The highest BCUT2D eigenvalue weighted by molar-refractivity contribution is 5.37. The predicted molar refractivity (Wildman–Crippen MR) is 55.7 cm³/mol. The molecule has 1 aromatic rings. The molecule has 0 atom stereocenters. The fourth-order valence-corrected chi connectivity index (χ4v) is 1.84. The normalized spacial score (nSPS) is 17.4. The zero-order chi connectivity index (χ0) is 9.80. The summed E-state index contributed by atoms with van der Waals surface area (Å²) in [5.74, 6) is 0.588. The molecule has 0 aromatic carbocycles. The number of pyridine rings is 1. The summed E-state index contributed by atoms with van der Waals surface area (Å²) < 4.78 is 5.75. The lowest BCUT2D eigenvalue weighted by atomic mass is 10.2. The van der Waals surface area contributed by atoms with Gasteiger partial charge in [-0.25, -0.2) is 4.98 Å². The van der Waals surface area contributed by atoms with E-state index in [2.05, 4.69) is 4.98 Å². The summed E-state index contributed by atoms with van der Waals surface area (Å²) in [7, 11) is 0. The molecule has 3 nitrogen and oxygen atoms in total. The second kappa shape index (κ2) is 4.42. The van der Waals surface area contributed by atoms with E-state index >= 15 is 0 Å². The maximum atomic E-state index is 5.75. The van der Waals surface area contributed by atoms with Crippen molar-refractivity contribution in [1.82, 2.24) is 4.98 Å². The number of nitrogen functional groups attached to an aromatic ring is 1. The smallest absolute Gasteiger partial charge is 0.128 e. The molecule has 0 bridgehead atoms. The molecule has 1 aliphatic rings. The zero-order valence-electron chi connectivity index (χ0n) is 8.28. The second-order valence-electron chi connectivity index (χ2n) is 3.77. The number of rotatable bonds is 3. The van der Waals surface area contributed by atoms with Crippen LogP contribution in [0.1, 0.15) is 31.2 Å². The third-order valence-electron chi connectivity index (χ3n) is 2.70. The van der Waals surface area contributed by atoms with Gasteiger partial charge in [0.05, 0.1) is 12.7 Å². The molecule has 14 heavy (non-hydrogen) atoms. The largest absolute Gasteiger partial charge is 0.383 e. The number of ether oxygens (including phenoxy) is 1. The average Bonchev–Trinajstić information content (AvgIpc) is 2.69. The van der Waals surface area contributed by atoms with Crippen LogP contribution in [0.4, 0.5) is 5.82 Å². The van der Waals surface area contributed by atoms with Gasteiger partial charge in [-0.2, -0.15) is 0 Å². The van der Waals surface area contributed by atoms with E-state index in [0.717, 1.165) is 5.56 Å². The first kappa shape index (κ1) is 9.46. The Balaban J connectivity index is 1.88. The Morgan fingerprint density at radius 3 is 2.93 bits per heavy atom. The van der Waals surface area contributed by atoms with Crippen LogP contribution in [0.5, 0.6) is 0 Å². The van der Waals surface area contributed by atoms with Crippen molar-refractivity contribution in [2.24, 2.45) is 0 Å². The fraction of sp³-hybridized carbons (Fsp3) is 0.545. The molecule has 76 valence electrons. The van der Waals surface area contributed by atoms with Crippen molar-refractivity contribution in [3.8, 4) is 0 Å². The van der Waals surface area contributed by atoms with Gasteiger partial charge in [0, 0.05) is 11.8 Å². The highest BCUT2D eigenvalue weighted by atomic mass is 16.5. The average molecular weight is 192 g/mol. The Morgan fingerprint density at radius 1 is 1.43 bits per heavy atom. The Bertz CT molecular complexity index is 295. The molecular formula is C11H16N2O. The van der Waals surface area contributed by atoms with Gasteiger partial charge in [0.25, 0.3) is 0 Å². The summed E-state index contributed by atoms with van der Waals surface area (Å²) in [5.41, 5.74) is 6.71. The Kier molecular flexibility index (Phi) is 2.99. The van der Waals surface area contributed by atoms with Crippen molar-refractivity contribution in [3.05, 3.63) is 23.9 Å². The van der Waals surface area contributed by atoms with Gasteiger partial charge in [0.1, 0.15) is 5.82 Å². The van der Waals surface area contributed by atoms with Crippen LogP contribution in [-0.4, -0.2) is 11.1 Å². The molecule has 2 rings (SSSR count). The van der Waals surface area contributed by atoms with Crippen LogP contribution in [0.15, 0.2) is 18.3 Å². The zero-order valence-corrected chi connectivity index (χ0v) is 8.28. The number of hydrogen-bond acceptors (Lipinski definition) is 3. The number of hydrogen-bond donors (Lipinski definition) is 1. The maximum Gasteiger partial charge on any atom is 0.128 e. The summed E-state index contributed by atoms with van der Waals surface area (Å²) in [6.45, 7) is 0.602. The molecule has 1 heterocycles. The van der Waals surface area contributed by atoms with Gasteiger partial charge in [-0.3, -0.25) is 0 Å². The molecule has 0 amide bonds. The van der Waals surface area contributed by atoms with E-state index in [4.69, 9.17) is 10.5 Å². The first-order valence-electron chi connectivity index (χ1n) is 5.17. The molecule has 1 aromatic heterocycles. The van der Waals surface area contributed by atoms with E-state index in [-0.39, 0.29) is 0 Å². The Morgan fingerprint density at radius 2 is 2.21 bits per heavy atom. The SMILES string of the molecule is Nc1ncccc1COC1CCCC1. The first-order chi connectivity index (χ1) is 6.86. The topological polar surface area (TPSA) is 48.1 Å². The van der Waals surface area contributed by atoms with Crippen LogP contribution < -0.4 is 5.73 Å². The summed E-state index contributed by atoms with van der Waals surface area (Å²) in [4.78, 5) is 4.02. The van der Waals surface area contributed by atoms with Crippen molar-refractivity contribution in [2.45, 2.75) is 38.4 Å². The van der Waals surface area contributed by atoms with E-state index in [9.17, 15) is 0 Å². The van der Waals surface area contributed by atoms with Gasteiger partial charge in [-0.15, -0.1) is 0 Å². The molecule has 0 saturated heterocycles. The van der Waals surface area contributed by atoms with Gasteiger partial charge in [-0.05, 0) is 18.9 Å². The molecule has 1 fully saturated rings. The fourth-order valence-electron chi connectivity index (χ4n) is 1.84. The molecular weight excluding hydrogens is 176 g/mol. The second-order valence-corrected chi connectivity index (χ2v) is 3.77. The number of nitrogens with two attached hydrogens (primary N) is 1. The van der Waals surface area contributed by atoms with E-state index in [0.29, 0.717) is 18.5 Å². The lowest BCUT2D eigenvalue weighted by Crippen LogP contribution is -2.08. The summed E-state index contributed by atoms with van der Waals surface area (Å²) in [6.07, 6.45) is 7.13. The maximum absolute atomic E-state index is 5.75. The standard InChI is InChI=1S/C11H16N2O/c12-11-9(4-3-7-13-11)8-14-10-5-1-2-6-10/h3-4,7,10H,1-2,5-6,8H2,(H2,12,13). The first-order valence-corrected chi connectivity index (χ1v) is 5.17. The minimum Gasteiger partial charge on any atom is -0.383 e. The minimum atomic E-state index is 0.439. The lowest BCUT2D eigenvalue weighted by molar-refractivity contribution is 0.0459. The van der Waals surface area contributed by atoms with Crippen LogP contribution in [0.25, 0.3) is 0 Å². The molecule has 1 saturated carbocycles. The van der Waals surface area contributed by atoms with Crippen molar-refractivity contribution in [2.75, 3.05) is 5.73 Å². The minimum absolute atomic E-state index is 0.439. The molecule has 2 N–H and O–H groups in total. The van der Waals surface area contributed by atoms with Crippen LogP contribution in [-0.2, 0) is 11.3 Å². The molecule has 0 aliphatic heterocycles. The van der Waals surface area contributed by atoms with Crippen molar-refractivity contribution in [3.63, 3.8) is 0 Å². The quantitative estimate of drug-likeness (QED) is 0.798. The Hall–Kier alpha value is -1.09. The van der Waals surface area contributed by atoms with Crippen LogP contribution in [0.2, 0.25) is 0 Å². The van der Waals surface area contributed by atoms with Crippen LogP contribution in [0, 0.1) is 0 Å². The Labute approximate surface area is 84.3 Å². The third kappa shape index (κ3) is 2.23. The van der Waals surface area contributed by atoms with Crippen LogP contribution >= 0.6 is 0 Å². The van der Waals surface area contributed by atoms with Crippen molar-refractivity contribution >= 4 is 5.82 Å². The van der Waals surface area contributed by atoms with Gasteiger partial charge in [0.15, 0.2) is 0 Å². The highest BCUT2D eigenvalue weighted by Crippen LogP contribution is 2.22. The van der Waals surface area contributed by atoms with E-state index in [1.807, 2.05) is 12.1 Å². The molecule has 0 spiro atoms. The van der Waals surface area contributed by atoms with Crippen molar-refractivity contribution < 1.29 is 4.74 Å². The van der Waals surface area contributed by atoms with Gasteiger partial charge >= 0.3 is 0 Å². The summed E-state index contributed by atoms with van der Waals surface area (Å²) in [6, 6.07) is 3.86. The number of nitrogens with zero attached hydrogens (tertiary/aromatic N) is 1. The van der Waals surface area contributed by atoms with E-state index in [1.165, 1.54) is 25.7 Å². The highest BCUT2D eigenvalue weighted by Gasteiger charge is 2.15. The lowest BCUT2D eigenvalue weighted by Gasteiger charge is -2.11. The van der Waals surface area contributed by atoms with Gasteiger partial charge < -0.3 is 10.5 Å². The molecule has 1 aliphatic carbocycles. The molecule has 0 radical (unpaired) electrons. The van der Waals surface area contributed by atoms with Crippen molar-refractivity contribution in [1.29, 1.82) is 0 Å². The molecule has 0 unspecified atom stereocenters. The summed E-state index contributed by atoms with van der Waals surface area (Å²) in [5, 5.41) is 0. The van der Waals surface area contributed by atoms with E-state index in [1.54, 1.807) is 6.20 Å². The number of anilines is 1. The molecule has 3 heteroatoms. The van der Waals surface area contributed by atoms with Crippen LogP contribution in [0.3, 0.4) is 0 Å². The summed E-state index contributed by atoms with van der Waals surface area (Å²) >= 11 is 0. The number of aromatic nitrogens is 1. The third-order valence-corrected chi connectivity index (χ3v) is 2.70. The van der Waals surface area contributed by atoms with E-state index < -0.39 is 0 Å². The monoisotopic (exact) mass is 192 g/mol. The predicted octanol–water partition coefficient (Wildman–Crippen LogP) is 2.12.